The summed E-state index contributed by atoms with van der Waals surface area (Å²) in [5.41, 5.74) is 2.43. The molecule has 0 atom stereocenters. The van der Waals surface area contributed by atoms with Crippen molar-refractivity contribution in [3.8, 4) is 0 Å². The largest absolute Gasteiger partial charge is 0.331 e. The molecule has 0 aliphatic carbocycles. The molecule has 0 saturated heterocycles. The molecule has 3 aromatic rings. The molecule has 0 spiro atoms. The fraction of sp³-hybridized carbons (Fsp3) is 0.222. The smallest absolute Gasteiger partial charge is 0.289 e. The summed E-state index contributed by atoms with van der Waals surface area (Å²) in [5.74, 6) is 0. The van der Waals surface area contributed by atoms with Crippen LogP contribution in [0, 0.1) is 6.92 Å². The minimum atomic E-state index is -0.258. The lowest BCUT2D eigenvalue weighted by molar-refractivity contribution is 0.619. The van der Waals surface area contributed by atoms with Gasteiger partial charge in [-0.1, -0.05) is 42.0 Å². The van der Waals surface area contributed by atoms with Crippen LogP contribution < -0.4 is 11.2 Å². The standard InChI is InChI=1S/C18H18N2O2/c1-3-19-17(21)15-6-4-5-7-16(15)20(18(19)22)12-14-10-8-13(2)9-11-14/h4-11H,3,12H2,1-2H3. The second kappa shape index (κ2) is 5.64. The summed E-state index contributed by atoms with van der Waals surface area (Å²) in [6.45, 7) is 4.67. The van der Waals surface area contributed by atoms with Crippen LogP contribution in [0.2, 0.25) is 0 Å². The van der Waals surface area contributed by atoms with E-state index < -0.39 is 0 Å². The van der Waals surface area contributed by atoms with Crippen molar-refractivity contribution >= 4 is 10.9 Å². The summed E-state index contributed by atoms with van der Waals surface area (Å²) >= 11 is 0. The first-order chi connectivity index (χ1) is 10.6. The van der Waals surface area contributed by atoms with Gasteiger partial charge in [-0.15, -0.1) is 0 Å². The van der Waals surface area contributed by atoms with Crippen molar-refractivity contribution < 1.29 is 0 Å². The Bertz CT molecular complexity index is 934. The molecule has 0 aliphatic heterocycles. The monoisotopic (exact) mass is 294 g/mol. The number of rotatable bonds is 3. The molecule has 0 radical (unpaired) electrons. The summed E-state index contributed by atoms with van der Waals surface area (Å²) in [6, 6.07) is 15.3. The molecule has 0 bridgehead atoms. The van der Waals surface area contributed by atoms with Crippen LogP contribution in [0.4, 0.5) is 0 Å². The van der Waals surface area contributed by atoms with Crippen molar-refractivity contribution in [3.05, 3.63) is 80.5 Å². The van der Waals surface area contributed by atoms with E-state index in [1.165, 1.54) is 10.1 Å². The first-order valence-corrected chi connectivity index (χ1v) is 7.39. The number of hydrogen-bond donors (Lipinski definition) is 0. The number of para-hydroxylation sites is 1. The zero-order valence-electron chi connectivity index (χ0n) is 12.7. The summed E-state index contributed by atoms with van der Waals surface area (Å²) in [5, 5.41) is 0.580. The Kier molecular flexibility index (Phi) is 3.67. The molecule has 0 fully saturated rings. The van der Waals surface area contributed by atoms with E-state index in [0.717, 1.165) is 5.56 Å². The quantitative estimate of drug-likeness (QED) is 0.745. The third kappa shape index (κ3) is 2.37. The lowest BCUT2D eigenvalue weighted by atomic mass is 10.1. The summed E-state index contributed by atoms with van der Waals surface area (Å²) in [7, 11) is 0. The SMILES string of the molecule is CCn1c(=O)c2ccccc2n(Cc2ccc(C)cc2)c1=O. The van der Waals surface area contributed by atoms with Gasteiger partial charge in [-0.05, 0) is 31.5 Å². The Morgan fingerprint density at radius 2 is 1.59 bits per heavy atom. The molecule has 4 heteroatoms. The molecule has 112 valence electrons. The molecule has 0 N–H and O–H groups in total. The van der Waals surface area contributed by atoms with Crippen molar-refractivity contribution in [2.24, 2.45) is 0 Å². The highest BCUT2D eigenvalue weighted by Gasteiger charge is 2.11. The fourth-order valence-corrected chi connectivity index (χ4v) is 2.68. The van der Waals surface area contributed by atoms with Crippen LogP contribution in [-0.2, 0) is 13.1 Å². The van der Waals surface area contributed by atoms with Crippen molar-refractivity contribution in [2.75, 3.05) is 0 Å². The minimum absolute atomic E-state index is 0.219. The number of aromatic nitrogens is 2. The minimum Gasteiger partial charge on any atom is -0.289 e. The third-order valence-corrected chi connectivity index (χ3v) is 3.91. The van der Waals surface area contributed by atoms with Gasteiger partial charge in [0.2, 0.25) is 0 Å². The van der Waals surface area contributed by atoms with Gasteiger partial charge in [0.1, 0.15) is 0 Å². The highest BCUT2D eigenvalue weighted by atomic mass is 16.2. The predicted octanol–water partition coefficient (Wildman–Crippen LogP) is 2.54. The van der Waals surface area contributed by atoms with Crippen LogP contribution in [0.15, 0.2) is 58.1 Å². The molecule has 0 unspecified atom stereocenters. The lowest BCUT2D eigenvalue weighted by Crippen LogP contribution is -2.39. The van der Waals surface area contributed by atoms with Gasteiger partial charge in [0, 0.05) is 6.54 Å². The average Bonchev–Trinajstić information content (AvgIpc) is 2.54. The second-order valence-corrected chi connectivity index (χ2v) is 5.42. The normalized spacial score (nSPS) is 11.0. The molecular weight excluding hydrogens is 276 g/mol. The van der Waals surface area contributed by atoms with Crippen LogP contribution in [0.5, 0.6) is 0 Å². The van der Waals surface area contributed by atoms with Crippen molar-refractivity contribution in [1.82, 2.24) is 9.13 Å². The van der Waals surface area contributed by atoms with E-state index >= 15 is 0 Å². The molecule has 2 aromatic carbocycles. The van der Waals surface area contributed by atoms with Crippen LogP contribution in [0.1, 0.15) is 18.1 Å². The molecular formula is C18H18N2O2. The Morgan fingerprint density at radius 1 is 0.909 bits per heavy atom. The Balaban J connectivity index is 2.26. The highest BCUT2D eigenvalue weighted by molar-refractivity contribution is 5.77. The number of hydrogen-bond acceptors (Lipinski definition) is 2. The average molecular weight is 294 g/mol. The van der Waals surface area contributed by atoms with Crippen LogP contribution in [-0.4, -0.2) is 9.13 Å². The first kappa shape index (κ1) is 14.3. The maximum atomic E-state index is 12.6. The molecule has 1 aromatic heterocycles. The number of fused-ring (bicyclic) bond motifs is 1. The zero-order valence-corrected chi connectivity index (χ0v) is 12.7. The molecule has 0 saturated carbocycles. The third-order valence-electron chi connectivity index (χ3n) is 3.91. The number of benzene rings is 2. The van der Waals surface area contributed by atoms with E-state index in [4.69, 9.17) is 0 Å². The van der Waals surface area contributed by atoms with E-state index in [1.807, 2.05) is 56.3 Å². The van der Waals surface area contributed by atoms with Gasteiger partial charge in [-0.25, -0.2) is 4.79 Å². The molecule has 0 aliphatic rings. The van der Waals surface area contributed by atoms with Gasteiger partial charge in [0.25, 0.3) is 5.56 Å². The summed E-state index contributed by atoms with van der Waals surface area (Å²) < 4.78 is 2.96. The van der Waals surface area contributed by atoms with Gasteiger partial charge in [-0.3, -0.25) is 13.9 Å². The van der Waals surface area contributed by atoms with Gasteiger partial charge >= 0.3 is 5.69 Å². The van der Waals surface area contributed by atoms with Gasteiger partial charge in [-0.2, -0.15) is 0 Å². The fourth-order valence-electron chi connectivity index (χ4n) is 2.68. The summed E-state index contributed by atoms with van der Waals surface area (Å²) in [4.78, 5) is 25.0. The van der Waals surface area contributed by atoms with E-state index in [1.54, 1.807) is 10.6 Å². The van der Waals surface area contributed by atoms with Gasteiger partial charge in [0.15, 0.2) is 0 Å². The molecule has 4 nitrogen and oxygen atoms in total. The van der Waals surface area contributed by atoms with E-state index in [9.17, 15) is 9.59 Å². The van der Waals surface area contributed by atoms with Gasteiger partial charge in [0.05, 0.1) is 17.4 Å². The number of nitrogens with zero attached hydrogens (tertiary/aromatic N) is 2. The Hall–Kier alpha value is -2.62. The highest BCUT2D eigenvalue weighted by Crippen LogP contribution is 2.11. The molecule has 22 heavy (non-hydrogen) atoms. The van der Waals surface area contributed by atoms with Crippen LogP contribution in [0.25, 0.3) is 10.9 Å². The van der Waals surface area contributed by atoms with E-state index in [-0.39, 0.29) is 11.2 Å². The van der Waals surface area contributed by atoms with Crippen LogP contribution >= 0.6 is 0 Å². The topological polar surface area (TPSA) is 44.0 Å². The zero-order chi connectivity index (χ0) is 15.7. The van der Waals surface area contributed by atoms with Gasteiger partial charge < -0.3 is 0 Å². The van der Waals surface area contributed by atoms with Crippen molar-refractivity contribution in [2.45, 2.75) is 26.9 Å². The Morgan fingerprint density at radius 3 is 2.27 bits per heavy atom. The van der Waals surface area contributed by atoms with Crippen LogP contribution in [0.3, 0.4) is 0 Å². The van der Waals surface area contributed by atoms with Crippen molar-refractivity contribution in [1.29, 1.82) is 0 Å². The summed E-state index contributed by atoms with van der Waals surface area (Å²) in [6.07, 6.45) is 0. The first-order valence-electron chi connectivity index (χ1n) is 7.39. The number of aryl methyl sites for hydroxylation is 1. The second-order valence-electron chi connectivity index (χ2n) is 5.42. The maximum absolute atomic E-state index is 12.6. The Labute approximate surface area is 128 Å². The van der Waals surface area contributed by atoms with E-state index in [0.29, 0.717) is 24.0 Å². The predicted molar refractivity (Wildman–Crippen MR) is 88.4 cm³/mol. The molecule has 0 amide bonds. The van der Waals surface area contributed by atoms with E-state index in [2.05, 4.69) is 0 Å². The molecule has 3 rings (SSSR count). The maximum Gasteiger partial charge on any atom is 0.331 e. The van der Waals surface area contributed by atoms with Crippen molar-refractivity contribution in [3.63, 3.8) is 0 Å². The molecule has 1 heterocycles. The lowest BCUT2D eigenvalue weighted by Gasteiger charge is -2.13.